The molecule has 1 aliphatic heterocycles. The Hall–Kier alpha value is -3.54. The Bertz CT molecular complexity index is 1380. The van der Waals surface area contributed by atoms with Crippen LogP contribution >= 0.6 is 0 Å². The minimum absolute atomic E-state index is 0.142. The van der Waals surface area contributed by atoms with E-state index in [1.54, 1.807) is 0 Å². The maximum Gasteiger partial charge on any atom is 0.162 e. The van der Waals surface area contributed by atoms with Crippen LogP contribution in [0.3, 0.4) is 0 Å². The number of aromatic nitrogens is 4. The van der Waals surface area contributed by atoms with E-state index in [-0.39, 0.29) is 11.5 Å². The van der Waals surface area contributed by atoms with Crippen molar-refractivity contribution in [2.75, 3.05) is 23.3 Å². The van der Waals surface area contributed by atoms with Gasteiger partial charge in [-0.3, -0.25) is 4.98 Å². The van der Waals surface area contributed by atoms with Crippen molar-refractivity contribution >= 4 is 22.5 Å². The van der Waals surface area contributed by atoms with Crippen molar-refractivity contribution in [1.82, 2.24) is 19.9 Å². The zero-order chi connectivity index (χ0) is 24.7. The number of piperidine rings is 1. The molecule has 0 unspecified atom stereocenters. The Morgan fingerprint density at radius 2 is 1.89 bits per heavy atom. The summed E-state index contributed by atoms with van der Waals surface area (Å²) in [6, 6.07) is 14.6. The van der Waals surface area contributed by atoms with Gasteiger partial charge in [-0.2, -0.15) is 0 Å². The number of pyridine rings is 2. The molecule has 0 radical (unpaired) electrons. The summed E-state index contributed by atoms with van der Waals surface area (Å²) < 4.78 is 0. The Morgan fingerprint density at radius 3 is 2.67 bits per heavy atom. The molecule has 1 atom stereocenters. The van der Waals surface area contributed by atoms with Gasteiger partial charge in [0.15, 0.2) is 5.82 Å². The van der Waals surface area contributed by atoms with E-state index in [2.05, 4.69) is 71.3 Å². The van der Waals surface area contributed by atoms with Crippen molar-refractivity contribution in [3.05, 3.63) is 72.2 Å². The lowest BCUT2D eigenvalue weighted by Crippen LogP contribution is -2.40. The van der Waals surface area contributed by atoms with Crippen molar-refractivity contribution < 1.29 is 0 Å². The van der Waals surface area contributed by atoms with E-state index in [1.807, 2.05) is 30.7 Å². The molecule has 1 N–H and O–H groups in total. The quantitative estimate of drug-likeness (QED) is 0.330. The second kappa shape index (κ2) is 9.16. The number of hydrogen-bond acceptors (Lipinski definition) is 6. The van der Waals surface area contributed by atoms with Crippen molar-refractivity contribution in [2.24, 2.45) is 5.41 Å². The van der Waals surface area contributed by atoms with Crippen LogP contribution in [0.2, 0.25) is 0 Å². The van der Waals surface area contributed by atoms with Crippen LogP contribution in [0.5, 0.6) is 0 Å². The molecule has 184 valence electrons. The summed E-state index contributed by atoms with van der Waals surface area (Å²) in [6.07, 6.45) is 10.7. The number of fused-ring (bicyclic) bond motifs is 1. The molecule has 1 aromatic carbocycles. The summed E-state index contributed by atoms with van der Waals surface area (Å²) >= 11 is 0. The zero-order valence-electron chi connectivity index (χ0n) is 21.4. The molecular formula is C30H34N6. The van der Waals surface area contributed by atoms with E-state index in [4.69, 9.17) is 9.97 Å². The van der Waals surface area contributed by atoms with Crippen LogP contribution in [0.4, 0.5) is 11.6 Å². The highest BCUT2D eigenvalue weighted by molar-refractivity contribution is 5.94. The molecule has 1 saturated heterocycles. The fourth-order valence-electron chi connectivity index (χ4n) is 5.45. The third-order valence-corrected chi connectivity index (χ3v) is 7.52. The van der Waals surface area contributed by atoms with Crippen LogP contribution < -0.4 is 10.2 Å². The molecule has 0 bridgehead atoms. The minimum atomic E-state index is 0.142. The van der Waals surface area contributed by atoms with Crippen molar-refractivity contribution in [1.29, 1.82) is 0 Å². The van der Waals surface area contributed by atoms with Gasteiger partial charge in [-0.25, -0.2) is 15.0 Å². The molecule has 2 aliphatic rings. The van der Waals surface area contributed by atoms with Crippen molar-refractivity contribution in [3.63, 3.8) is 0 Å². The second-order valence-corrected chi connectivity index (χ2v) is 11.2. The molecule has 36 heavy (non-hydrogen) atoms. The van der Waals surface area contributed by atoms with Gasteiger partial charge in [0.05, 0.1) is 11.7 Å². The van der Waals surface area contributed by atoms with Gasteiger partial charge in [-0.05, 0) is 67.2 Å². The van der Waals surface area contributed by atoms with Crippen LogP contribution in [0, 0.1) is 5.41 Å². The SMILES string of the molecule is C[C@@H](Nc1cc(-c2nc(N3CCCC(C)(C)C3)c3c(C4CC4)cncc3n2)ccn1)c1ccccc1. The number of benzene rings is 1. The topological polar surface area (TPSA) is 66.8 Å². The number of rotatable bonds is 6. The third-order valence-electron chi connectivity index (χ3n) is 7.52. The first-order valence-corrected chi connectivity index (χ1v) is 13.2. The van der Waals surface area contributed by atoms with Crippen LogP contribution in [0.1, 0.15) is 69.5 Å². The van der Waals surface area contributed by atoms with E-state index in [0.717, 1.165) is 41.6 Å². The van der Waals surface area contributed by atoms with E-state index < -0.39 is 0 Å². The summed E-state index contributed by atoms with van der Waals surface area (Å²) in [5, 5.41) is 4.73. The zero-order valence-corrected chi connectivity index (χ0v) is 21.4. The van der Waals surface area contributed by atoms with E-state index in [9.17, 15) is 0 Å². The van der Waals surface area contributed by atoms with Gasteiger partial charge in [0.1, 0.15) is 11.6 Å². The largest absolute Gasteiger partial charge is 0.364 e. The van der Waals surface area contributed by atoms with Crippen LogP contribution in [0.25, 0.3) is 22.3 Å². The Kier molecular flexibility index (Phi) is 5.82. The van der Waals surface area contributed by atoms with E-state index in [0.29, 0.717) is 5.92 Å². The summed E-state index contributed by atoms with van der Waals surface area (Å²) in [7, 11) is 0. The monoisotopic (exact) mass is 478 g/mol. The highest BCUT2D eigenvalue weighted by Crippen LogP contribution is 2.45. The normalized spacial score (nSPS) is 18.2. The predicted molar refractivity (Wildman–Crippen MR) is 146 cm³/mol. The Labute approximate surface area is 213 Å². The van der Waals surface area contributed by atoms with Gasteiger partial charge < -0.3 is 10.2 Å². The Balaban J connectivity index is 1.41. The third kappa shape index (κ3) is 4.64. The van der Waals surface area contributed by atoms with E-state index >= 15 is 0 Å². The second-order valence-electron chi connectivity index (χ2n) is 11.2. The van der Waals surface area contributed by atoms with Crippen molar-refractivity contribution in [2.45, 2.75) is 58.4 Å². The maximum atomic E-state index is 5.24. The lowest BCUT2D eigenvalue weighted by Gasteiger charge is -2.39. The van der Waals surface area contributed by atoms with Gasteiger partial charge in [-0.15, -0.1) is 0 Å². The van der Waals surface area contributed by atoms with Crippen LogP contribution in [0.15, 0.2) is 61.1 Å². The average molecular weight is 479 g/mol. The van der Waals surface area contributed by atoms with E-state index in [1.165, 1.54) is 42.2 Å². The molecule has 6 heteroatoms. The first-order valence-electron chi connectivity index (χ1n) is 13.2. The summed E-state index contributed by atoms with van der Waals surface area (Å²) in [4.78, 5) is 21.9. The first kappa shape index (κ1) is 22.9. The van der Waals surface area contributed by atoms with Gasteiger partial charge in [0.2, 0.25) is 0 Å². The minimum Gasteiger partial charge on any atom is -0.364 e. The van der Waals surface area contributed by atoms with Crippen LogP contribution in [-0.4, -0.2) is 33.0 Å². The molecule has 0 spiro atoms. The molecule has 1 saturated carbocycles. The molecule has 4 aromatic rings. The molecular weight excluding hydrogens is 444 g/mol. The molecule has 6 nitrogen and oxygen atoms in total. The molecule has 0 amide bonds. The number of nitrogens with one attached hydrogen (secondary N) is 1. The molecule has 1 aliphatic carbocycles. The van der Waals surface area contributed by atoms with Crippen molar-refractivity contribution in [3.8, 4) is 11.4 Å². The highest BCUT2D eigenvalue weighted by Gasteiger charge is 2.32. The first-order chi connectivity index (χ1) is 17.5. The maximum absolute atomic E-state index is 5.24. The lowest BCUT2D eigenvalue weighted by atomic mass is 9.84. The van der Waals surface area contributed by atoms with Gasteiger partial charge >= 0.3 is 0 Å². The fourth-order valence-corrected chi connectivity index (χ4v) is 5.45. The summed E-state index contributed by atoms with van der Waals surface area (Å²) in [5.74, 6) is 3.20. The summed E-state index contributed by atoms with van der Waals surface area (Å²) in [6.45, 7) is 8.91. The van der Waals surface area contributed by atoms with Gasteiger partial charge in [0.25, 0.3) is 0 Å². The Morgan fingerprint density at radius 1 is 1.06 bits per heavy atom. The fraction of sp³-hybridized carbons (Fsp3) is 0.400. The number of anilines is 2. The summed E-state index contributed by atoms with van der Waals surface area (Å²) in [5.41, 5.74) is 4.70. The lowest BCUT2D eigenvalue weighted by molar-refractivity contribution is 0.292. The highest BCUT2D eigenvalue weighted by atomic mass is 15.2. The molecule has 3 aromatic heterocycles. The van der Waals surface area contributed by atoms with Gasteiger partial charge in [-0.1, -0.05) is 44.2 Å². The molecule has 4 heterocycles. The van der Waals surface area contributed by atoms with Gasteiger partial charge in [0, 0.05) is 42.5 Å². The standard InChI is InChI=1S/C30H34N6/c1-20(21-8-5-4-6-9-21)33-26-16-23(12-14-32-26)28-34-25-18-31-17-24(22-10-11-22)27(25)29(35-28)36-15-7-13-30(2,3)19-36/h4-6,8-9,12,14,16-18,20,22H,7,10-11,13,15,19H2,1-3H3,(H,32,33)/t20-/m1/s1. The smallest absolute Gasteiger partial charge is 0.162 e. The average Bonchev–Trinajstić information content (AvgIpc) is 3.73. The molecule has 6 rings (SSSR count). The molecule has 2 fully saturated rings. The predicted octanol–water partition coefficient (Wildman–Crippen LogP) is 6.76. The van der Waals surface area contributed by atoms with Crippen LogP contribution in [-0.2, 0) is 0 Å². The number of nitrogens with zero attached hydrogens (tertiary/aromatic N) is 5. The number of hydrogen-bond donors (Lipinski definition) is 1.